The summed E-state index contributed by atoms with van der Waals surface area (Å²) in [5.41, 5.74) is 5.35. The highest BCUT2D eigenvalue weighted by atomic mass is 16.2. The van der Waals surface area contributed by atoms with Gasteiger partial charge >= 0.3 is 0 Å². The number of piperidine rings is 1. The van der Waals surface area contributed by atoms with Gasteiger partial charge in [-0.3, -0.25) is 9.78 Å². The molecule has 2 aromatic carbocycles. The molecule has 2 heterocycles. The van der Waals surface area contributed by atoms with E-state index in [1.165, 1.54) is 33.0 Å². The van der Waals surface area contributed by atoms with Gasteiger partial charge in [0, 0.05) is 48.3 Å². The molecule has 0 N–H and O–H groups in total. The lowest BCUT2D eigenvalue weighted by Crippen LogP contribution is -2.56. The van der Waals surface area contributed by atoms with E-state index >= 15 is 0 Å². The minimum atomic E-state index is 0.0613. The molecule has 2 aliphatic rings. The van der Waals surface area contributed by atoms with E-state index in [-0.39, 0.29) is 5.41 Å². The van der Waals surface area contributed by atoms with Crippen LogP contribution in [0.5, 0.6) is 0 Å². The van der Waals surface area contributed by atoms with Gasteiger partial charge in [-0.25, -0.2) is 0 Å². The Morgan fingerprint density at radius 2 is 1.96 bits per heavy atom. The maximum Gasteiger partial charge on any atom is 0.222 e. The summed E-state index contributed by atoms with van der Waals surface area (Å²) < 4.78 is 0. The molecule has 1 saturated heterocycles. The summed E-state index contributed by atoms with van der Waals surface area (Å²) in [5.74, 6) is 0.291. The molecule has 0 radical (unpaired) electrons. The quantitative estimate of drug-likeness (QED) is 0.632. The van der Waals surface area contributed by atoms with Crippen molar-refractivity contribution in [2.45, 2.75) is 44.1 Å². The van der Waals surface area contributed by atoms with Crippen LogP contribution in [-0.4, -0.2) is 28.9 Å². The number of pyridine rings is 1. The smallest absolute Gasteiger partial charge is 0.222 e. The van der Waals surface area contributed by atoms with Crippen LogP contribution in [0.15, 0.2) is 54.9 Å². The van der Waals surface area contributed by atoms with Crippen molar-refractivity contribution in [2.24, 2.45) is 0 Å². The van der Waals surface area contributed by atoms with E-state index in [2.05, 4.69) is 54.4 Å². The first-order valence-corrected chi connectivity index (χ1v) is 9.80. The number of carbonyl (C=O) groups excluding carboxylic acids is 1. The number of aromatic nitrogens is 1. The number of benzene rings is 2. The maximum atomic E-state index is 12.2. The average Bonchev–Trinajstić information content (AvgIpc) is 2.70. The fourth-order valence-corrected chi connectivity index (χ4v) is 5.30. The summed E-state index contributed by atoms with van der Waals surface area (Å²) >= 11 is 0. The second-order valence-electron chi connectivity index (χ2n) is 8.26. The number of carbonyl (C=O) groups is 1. The van der Waals surface area contributed by atoms with Crippen molar-refractivity contribution < 1.29 is 4.79 Å². The standard InChI is InChI=1S/C24H24N2O/c1-24-12-11-23(27)26(2)22(24)10-8-17-13-16(7-9-21(17)24)20-15-25-14-18-5-3-4-6-19(18)20/h3-7,9,13-15,22H,8,10-12H2,1-2H3/t22-,24-/m1/s1. The number of rotatable bonds is 1. The zero-order chi connectivity index (χ0) is 18.6. The Hall–Kier alpha value is -2.68. The number of hydrogen-bond acceptors (Lipinski definition) is 2. The normalized spacial score (nSPS) is 24.6. The molecule has 1 aromatic heterocycles. The van der Waals surface area contributed by atoms with Crippen LogP contribution in [0.3, 0.4) is 0 Å². The third-order valence-electron chi connectivity index (χ3n) is 6.84. The van der Waals surface area contributed by atoms with Crippen LogP contribution in [0, 0.1) is 0 Å². The van der Waals surface area contributed by atoms with Gasteiger partial charge in [0.15, 0.2) is 0 Å². The lowest BCUT2D eigenvalue weighted by atomic mass is 9.63. The van der Waals surface area contributed by atoms with Gasteiger partial charge < -0.3 is 4.90 Å². The predicted molar refractivity (Wildman–Crippen MR) is 109 cm³/mol. The number of fused-ring (bicyclic) bond motifs is 4. The van der Waals surface area contributed by atoms with E-state index in [0.29, 0.717) is 18.4 Å². The SMILES string of the molecule is CN1C(=O)CC[C@]2(C)c3ccc(-c4cncc5ccccc45)cc3CC[C@@H]12. The van der Waals surface area contributed by atoms with Crippen LogP contribution in [0.2, 0.25) is 0 Å². The van der Waals surface area contributed by atoms with E-state index in [1.54, 1.807) is 0 Å². The van der Waals surface area contributed by atoms with Crippen molar-refractivity contribution in [3.05, 3.63) is 66.0 Å². The van der Waals surface area contributed by atoms with Crippen LogP contribution in [-0.2, 0) is 16.6 Å². The summed E-state index contributed by atoms with van der Waals surface area (Å²) in [4.78, 5) is 18.6. The molecule has 27 heavy (non-hydrogen) atoms. The number of likely N-dealkylation sites (tertiary alicyclic amines) is 1. The van der Waals surface area contributed by atoms with Crippen molar-refractivity contribution in [3.63, 3.8) is 0 Å². The van der Waals surface area contributed by atoms with E-state index in [4.69, 9.17) is 0 Å². The zero-order valence-electron chi connectivity index (χ0n) is 15.9. The highest BCUT2D eigenvalue weighted by molar-refractivity contribution is 5.95. The molecule has 5 rings (SSSR count). The Morgan fingerprint density at radius 1 is 1.11 bits per heavy atom. The number of aryl methyl sites for hydroxylation is 1. The third kappa shape index (κ3) is 2.41. The van der Waals surface area contributed by atoms with Gasteiger partial charge in [-0.2, -0.15) is 0 Å². The van der Waals surface area contributed by atoms with Crippen LogP contribution in [0.4, 0.5) is 0 Å². The largest absolute Gasteiger partial charge is 0.342 e. The number of amides is 1. The van der Waals surface area contributed by atoms with Gasteiger partial charge in [0.2, 0.25) is 5.91 Å². The fourth-order valence-electron chi connectivity index (χ4n) is 5.30. The molecule has 0 bridgehead atoms. The zero-order valence-corrected chi connectivity index (χ0v) is 15.9. The van der Waals surface area contributed by atoms with Crippen molar-refractivity contribution in [1.29, 1.82) is 0 Å². The van der Waals surface area contributed by atoms with E-state index in [9.17, 15) is 4.79 Å². The Balaban J connectivity index is 1.62. The van der Waals surface area contributed by atoms with Gasteiger partial charge in [-0.15, -0.1) is 0 Å². The second kappa shape index (κ2) is 5.91. The molecular weight excluding hydrogens is 332 g/mol. The molecule has 0 unspecified atom stereocenters. The highest BCUT2D eigenvalue weighted by Crippen LogP contribution is 2.46. The molecule has 3 aromatic rings. The number of likely N-dealkylation sites (N-methyl/N-ethyl adjacent to an activating group) is 1. The molecule has 1 fully saturated rings. The Kier molecular flexibility index (Phi) is 3.61. The van der Waals surface area contributed by atoms with Crippen molar-refractivity contribution in [1.82, 2.24) is 9.88 Å². The van der Waals surface area contributed by atoms with Crippen molar-refractivity contribution in [3.8, 4) is 11.1 Å². The van der Waals surface area contributed by atoms with E-state index in [1.807, 2.05) is 24.3 Å². The molecule has 3 heteroatoms. The average molecular weight is 356 g/mol. The summed E-state index contributed by atoms with van der Waals surface area (Å²) in [6.07, 6.45) is 7.57. The molecule has 1 aliphatic carbocycles. The van der Waals surface area contributed by atoms with Gasteiger partial charge in [0.05, 0.1) is 0 Å². The first-order valence-electron chi connectivity index (χ1n) is 9.80. The molecule has 0 saturated carbocycles. The highest BCUT2D eigenvalue weighted by Gasteiger charge is 2.46. The summed E-state index contributed by atoms with van der Waals surface area (Å²) in [5, 5.41) is 2.42. The Bertz CT molecular complexity index is 1050. The van der Waals surface area contributed by atoms with Crippen LogP contribution in [0.25, 0.3) is 21.9 Å². The van der Waals surface area contributed by atoms with Gasteiger partial charge in [0.25, 0.3) is 0 Å². The molecular formula is C24H24N2O. The second-order valence-corrected chi connectivity index (χ2v) is 8.26. The third-order valence-corrected chi connectivity index (χ3v) is 6.84. The number of hydrogen-bond donors (Lipinski definition) is 0. The molecule has 2 atom stereocenters. The van der Waals surface area contributed by atoms with Crippen molar-refractivity contribution >= 4 is 16.7 Å². The van der Waals surface area contributed by atoms with Gasteiger partial charge in [-0.05, 0) is 41.3 Å². The van der Waals surface area contributed by atoms with Gasteiger partial charge in [-0.1, -0.05) is 49.4 Å². The minimum Gasteiger partial charge on any atom is -0.342 e. The first kappa shape index (κ1) is 16.5. The predicted octanol–water partition coefficient (Wildman–Crippen LogP) is 4.73. The molecule has 1 amide bonds. The fraction of sp³-hybridized carbons (Fsp3) is 0.333. The maximum absolute atomic E-state index is 12.2. The topological polar surface area (TPSA) is 33.2 Å². The van der Waals surface area contributed by atoms with Crippen LogP contribution in [0.1, 0.15) is 37.3 Å². The summed E-state index contributed by atoms with van der Waals surface area (Å²) in [6.45, 7) is 2.34. The molecule has 3 nitrogen and oxygen atoms in total. The monoisotopic (exact) mass is 356 g/mol. The van der Waals surface area contributed by atoms with E-state index in [0.717, 1.165) is 19.3 Å². The molecule has 1 aliphatic heterocycles. The molecule has 0 spiro atoms. The number of nitrogens with zero attached hydrogens (tertiary/aromatic N) is 2. The molecule has 136 valence electrons. The van der Waals surface area contributed by atoms with Crippen LogP contribution >= 0.6 is 0 Å². The lowest BCUT2D eigenvalue weighted by molar-refractivity contribution is -0.138. The van der Waals surface area contributed by atoms with Crippen LogP contribution < -0.4 is 0 Å². The Morgan fingerprint density at radius 3 is 2.85 bits per heavy atom. The van der Waals surface area contributed by atoms with Crippen molar-refractivity contribution in [2.75, 3.05) is 7.05 Å². The lowest BCUT2D eigenvalue weighted by Gasteiger charge is -2.50. The summed E-state index contributed by atoms with van der Waals surface area (Å²) in [6, 6.07) is 15.7. The van der Waals surface area contributed by atoms with E-state index < -0.39 is 0 Å². The Labute approximate surface area is 160 Å². The first-order chi connectivity index (χ1) is 13.1. The summed E-state index contributed by atoms with van der Waals surface area (Å²) in [7, 11) is 1.98. The van der Waals surface area contributed by atoms with Gasteiger partial charge in [0.1, 0.15) is 0 Å². The minimum absolute atomic E-state index is 0.0613.